The normalized spacial score (nSPS) is 10.9. The van der Waals surface area contributed by atoms with Gasteiger partial charge in [-0.15, -0.1) is 13.9 Å². The van der Waals surface area contributed by atoms with Crippen molar-refractivity contribution in [1.82, 2.24) is 0 Å². The number of aryl methyl sites for hydroxylation is 4. The van der Waals surface area contributed by atoms with Crippen LogP contribution in [-0.2, 0) is 17.1 Å². The van der Waals surface area contributed by atoms with Gasteiger partial charge in [0.15, 0.2) is 0 Å². The zero-order valence-electron chi connectivity index (χ0n) is 17.4. The van der Waals surface area contributed by atoms with Crippen molar-refractivity contribution in [1.29, 1.82) is 0 Å². The van der Waals surface area contributed by atoms with Crippen LogP contribution < -0.4 is 21.2 Å². The molecule has 0 aliphatic heterocycles. The molecule has 0 aliphatic carbocycles. The molecule has 0 amide bonds. The third-order valence-corrected chi connectivity index (χ3v) is 6.74. The minimum Gasteiger partial charge on any atom is -0.747 e. The Balaban J connectivity index is 0.000000200. The first-order chi connectivity index (χ1) is 13.5. The van der Waals surface area contributed by atoms with Crippen molar-refractivity contribution in [2.45, 2.75) is 27.7 Å². The molecular formula is C26H28FeP2-6. The number of rotatable bonds is 4. The summed E-state index contributed by atoms with van der Waals surface area (Å²) in [7, 11) is 1.59. The van der Waals surface area contributed by atoms with E-state index < -0.39 is 0 Å². The Morgan fingerprint density at radius 2 is 1.03 bits per heavy atom. The van der Waals surface area contributed by atoms with Gasteiger partial charge in [0.2, 0.25) is 0 Å². The number of hydrogen-bond donors (Lipinski definition) is 0. The summed E-state index contributed by atoms with van der Waals surface area (Å²) < 4.78 is 0. The fourth-order valence-electron chi connectivity index (χ4n) is 3.34. The second kappa shape index (κ2) is 11.6. The average molecular weight is 458 g/mol. The van der Waals surface area contributed by atoms with Crippen LogP contribution in [0.5, 0.6) is 0 Å². The van der Waals surface area contributed by atoms with Gasteiger partial charge in [-0.2, -0.15) is 12.1 Å². The Kier molecular flexibility index (Phi) is 9.55. The monoisotopic (exact) mass is 458 g/mol. The Morgan fingerprint density at radius 1 is 0.621 bits per heavy atom. The average Bonchev–Trinajstić information content (AvgIpc) is 3.27. The summed E-state index contributed by atoms with van der Waals surface area (Å²) in [5.41, 5.74) is 5.44. The Hall–Kier alpha value is -1.48. The summed E-state index contributed by atoms with van der Waals surface area (Å²) in [5.74, 6) is 0. The molecule has 29 heavy (non-hydrogen) atoms. The smallest absolute Gasteiger partial charge is 0 e. The molecule has 0 saturated heterocycles. The fourth-order valence-corrected chi connectivity index (χ4v) is 5.93. The Bertz CT molecular complexity index is 875. The van der Waals surface area contributed by atoms with Crippen LogP contribution in [0.15, 0.2) is 84.9 Å². The quantitative estimate of drug-likeness (QED) is 0.221. The zero-order chi connectivity index (χ0) is 19.9. The van der Waals surface area contributed by atoms with Crippen molar-refractivity contribution in [3.63, 3.8) is 0 Å². The number of hydrogen-bond acceptors (Lipinski definition) is 0. The Morgan fingerprint density at radius 3 is 1.48 bits per heavy atom. The first-order valence-corrected chi connectivity index (χ1v) is 11.6. The van der Waals surface area contributed by atoms with Crippen LogP contribution in [-0.4, -0.2) is 0 Å². The van der Waals surface area contributed by atoms with E-state index in [9.17, 15) is 0 Å². The van der Waals surface area contributed by atoms with Crippen molar-refractivity contribution in [3.8, 4) is 0 Å². The Labute approximate surface area is 189 Å². The van der Waals surface area contributed by atoms with Gasteiger partial charge in [0.25, 0.3) is 0 Å². The molecule has 0 nitrogen and oxygen atoms in total. The third-order valence-electron chi connectivity index (χ3n) is 4.35. The molecule has 0 radical (unpaired) electrons. The third kappa shape index (κ3) is 8.04. The summed E-state index contributed by atoms with van der Waals surface area (Å²) in [5, 5.41) is 5.73. The van der Waals surface area contributed by atoms with Crippen LogP contribution in [0.3, 0.4) is 0 Å². The van der Waals surface area contributed by atoms with Gasteiger partial charge in [-0.1, -0.05) is 64.0 Å². The molecule has 4 aromatic rings. The fraction of sp³-hybridized carbons (Fsp3) is 0.154. The van der Waals surface area contributed by atoms with Crippen LogP contribution >= 0.6 is 17.2 Å². The van der Waals surface area contributed by atoms with Crippen molar-refractivity contribution < 1.29 is 17.1 Å². The van der Waals surface area contributed by atoms with E-state index in [-0.39, 0.29) is 17.1 Å². The van der Waals surface area contributed by atoms with E-state index >= 15 is 0 Å². The second-order valence-corrected chi connectivity index (χ2v) is 10.2. The molecule has 0 bridgehead atoms. The van der Waals surface area contributed by atoms with Crippen LogP contribution in [0.4, 0.5) is 0 Å². The minimum absolute atomic E-state index is 0. The van der Waals surface area contributed by atoms with E-state index in [0.29, 0.717) is 0 Å². The van der Waals surface area contributed by atoms with E-state index in [2.05, 4.69) is 113 Å². The van der Waals surface area contributed by atoms with Gasteiger partial charge in [-0.3, -0.25) is 8.58 Å². The van der Waals surface area contributed by atoms with E-state index in [0.717, 1.165) is 17.2 Å². The first-order valence-electron chi connectivity index (χ1n) is 9.62. The SMILES string of the molecule is Cc1cc(C)cc(P[c-]2[cH-][cH-][cH-][cH-]2)c1.Cc1cc(C)cc(P[c-]2cccc2)c1.[Fe]. The molecule has 3 heteroatoms. The van der Waals surface area contributed by atoms with Gasteiger partial charge in [0, 0.05) is 17.1 Å². The first kappa shape index (κ1) is 23.8. The van der Waals surface area contributed by atoms with Crippen LogP contribution in [0.25, 0.3) is 0 Å². The van der Waals surface area contributed by atoms with Crippen molar-refractivity contribution in [3.05, 3.63) is 107 Å². The summed E-state index contributed by atoms with van der Waals surface area (Å²) in [6.07, 6.45) is 0. The minimum atomic E-state index is 0. The van der Waals surface area contributed by atoms with Crippen LogP contribution in [0, 0.1) is 27.7 Å². The van der Waals surface area contributed by atoms with Crippen LogP contribution in [0.1, 0.15) is 22.3 Å². The predicted octanol–water partition coefficient (Wildman–Crippen LogP) is 5.30. The molecule has 0 aromatic heterocycles. The van der Waals surface area contributed by atoms with Gasteiger partial charge < -0.3 is 29.6 Å². The van der Waals surface area contributed by atoms with Gasteiger partial charge in [-0.05, 0) is 33.0 Å². The van der Waals surface area contributed by atoms with E-state index in [4.69, 9.17) is 0 Å². The van der Waals surface area contributed by atoms with Crippen molar-refractivity contribution in [2.75, 3.05) is 0 Å². The largest absolute Gasteiger partial charge is 0.747 e. The van der Waals surface area contributed by atoms with E-state index in [1.54, 1.807) is 0 Å². The molecule has 4 aromatic carbocycles. The van der Waals surface area contributed by atoms with Crippen LogP contribution in [0.2, 0.25) is 0 Å². The van der Waals surface area contributed by atoms with Gasteiger partial charge in [-0.25, -0.2) is 12.1 Å². The number of benzene rings is 2. The molecule has 2 unspecified atom stereocenters. The molecule has 156 valence electrons. The summed E-state index contributed by atoms with van der Waals surface area (Å²) in [4.78, 5) is 0. The summed E-state index contributed by atoms with van der Waals surface area (Å²) >= 11 is 0. The molecule has 0 saturated carbocycles. The molecule has 0 N–H and O–H groups in total. The summed E-state index contributed by atoms with van der Waals surface area (Å²) in [6.45, 7) is 8.63. The molecule has 2 atom stereocenters. The molecular weight excluding hydrogens is 430 g/mol. The van der Waals surface area contributed by atoms with Gasteiger partial charge in [0.1, 0.15) is 0 Å². The standard InChI is InChI=1S/2C13H14P.Fe/c2*1-10-7-11(2)9-13(8-10)14-12-5-3-4-6-12;/h2*3-9,14H,1-2H3;/q-5;-1;. The van der Waals surface area contributed by atoms with Gasteiger partial charge >= 0.3 is 0 Å². The summed E-state index contributed by atoms with van der Waals surface area (Å²) in [6, 6.07) is 30.7. The molecule has 4 rings (SSSR count). The molecule has 0 heterocycles. The molecule has 0 fully saturated rings. The molecule has 0 spiro atoms. The molecule has 0 aliphatic rings. The van der Waals surface area contributed by atoms with E-state index in [1.165, 1.54) is 43.5 Å². The van der Waals surface area contributed by atoms with Gasteiger partial charge in [0.05, 0.1) is 0 Å². The predicted molar refractivity (Wildman–Crippen MR) is 131 cm³/mol. The maximum Gasteiger partial charge on any atom is 0 e. The van der Waals surface area contributed by atoms with E-state index in [1.807, 2.05) is 0 Å². The van der Waals surface area contributed by atoms with Crippen molar-refractivity contribution in [2.24, 2.45) is 0 Å². The second-order valence-electron chi connectivity index (χ2n) is 7.35. The topological polar surface area (TPSA) is 0 Å². The zero-order valence-corrected chi connectivity index (χ0v) is 20.5. The maximum atomic E-state index is 2.28. The van der Waals surface area contributed by atoms with Crippen molar-refractivity contribution >= 4 is 38.4 Å². The maximum absolute atomic E-state index is 2.28.